The number of rotatable bonds is 7. The Morgan fingerprint density at radius 2 is 2.03 bits per heavy atom. The lowest BCUT2D eigenvalue weighted by molar-refractivity contribution is -0.144. The molecule has 2 amide bonds. The van der Waals surface area contributed by atoms with E-state index in [-0.39, 0.29) is 11.8 Å². The molecule has 2 aromatic heterocycles. The van der Waals surface area contributed by atoms with Crippen molar-refractivity contribution in [3.63, 3.8) is 0 Å². The van der Waals surface area contributed by atoms with Gasteiger partial charge in [0, 0.05) is 26.2 Å². The highest BCUT2D eigenvalue weighted by molar-refractivity contribution is 7.13. The first kappa shape index (κ1) is 23.2. The van der Waals surface area contributed by atoms with E-state index in [0.717, 1.165) is 28.9 Å². The average molecular weight is 467 g/mol. The van der Waals surface area contributed by atoms with Crippen molar-refractivity contribution >= 4 is 23.2 Å². The van der Waals surface area contributed by atoms with Crippen LogP contribution in [-0.4, -0.2) is 51.4 Å². The van der Waals surface area contributed by atoms with Gasteiger partial charge in [0.2, 0.25) is 11.8 Å². The smallest absolute Gasteiger partial charge is 0.245 e. The molecule has 1 fully saturated rings. The molecule has 0 bridgehead atoms. The number of likely N-dealkylation sites (N-methyl/N-ethyl adjacent to an activating group) is 1. The Labute approximate surface area is 198 Å². The second kappa shape index (κ2) is 9.87. The van der Waals surface area contributed by atoms with E-state index in [1.807, 2.05) is 39.4 Å². The van der Waals surface area contributed by atoms with Crippen LogP contribution in [0.4, 0.5) is 0 Å². The molecule has 0 saturated carbocycles. The Morgan fingerprint density at radius 3 is 2.64 bits per heavy atom. The van der Waals surface area contributed by atoms with Gasteiger partial charge in [-0.2, -0.15) is 0 Å². The predicted octanol–water partition coefficient (Wildman–Crippen LogP) is 4.56. The molecular formula is C25H30N4O3S. The molecule has 1 unspecified atom stereocenters. The third kappa shape index (κ3) is 4.85. The van der Waals surface area contributed by atoms with Gasteiger partial charge in [-0.1, -0.05) is 36.3 Å². The van der Waals surface area contributed by atoms with Gasteiger partial charge in [0.1, 0.15) is 11.8 Å². The van der Waals surface area contributed by atoms with Gasteiger partial charge in [-0.3, -0.25) is 9.59 Å². The van der Waals surface area contributed by atoms with Crippen molar-refractivity contribution in [1.82, 2.24) is 19.9 Å². The Kier molecular flexibility index (Phi) is 6.93. The fourth-order valence-corrected chi connectivity index (χ4v) is 5.29. The maximum absolute atomic E-state index is 13.3. The number of nitrogens with zero attached hydrogens (tertiary/aromatic N) is 4. The number of carbonyl (C=O) groups excluding carboxylic acids is 2. The lowest BCUT2D eigenvalue weighted by Gasteiger charge is -2.30. The van der Waals surface area contributed by atoms with Crippen LogP contribution in [0.15, 0.2) is 40.4 Å². The van der Waals surface area contributed by atoms with Gasteiger partial charge < -0.3 is 14.3 Å². The number of aryl methyl sites for hydroxylation is 2. The second-order valence-electron chi connectivity index (χ2n) is 8.68. The zero-order valence-electron chi connectivity index (χ0n) is 19.6. The molecule has 1 aliphatic rings. The standard InChI is InChI=1S/C25H30N4O3S/c1-5-20(22-13-16(2)27-32-22)24(30)29-12-6-7-21(29)25(31)28(4)14-18-8-10-19(11-9-18)23-17(3)26-15-33-23/h8-11,13,15,20-21H,5-7,12,14H2,1-4H3/t20?,21-/m0/s1. The van der Waals surface area contributed by atoms with E-state index in [4.69, 9.17) is 4.52 Å². The SMILES string of the molecule is CCC(C(=O)N1CCC[C@H]1C(=O)N(C)Cc1ccc(-c2scnc2C)cc1)c1cc(C)no1. The summed E-state index contributed by atoms with van der Waals surface area (Å²) in [4.78, 5) is 35.6. The van der Waals surface area contributed by atoms with Crippen molar-refractivity contribution < 1.29 is 14.1 Å². The molecule has 8 heteroatoms. The first-order valence-electron chi connectivity index (χ1n) is 11.4. The minimum Gasteiger partial charge on any atom is -0.360 e. The summed E-state index contributed by atoms with van der Waals surface area (Å²) in [5.74, 6) is 0.0874. The van der Waals surface area contributed by atoms with Crippen LogP contribution in [0.1, 0.15) is 54.8 Å². The largest absolute Gasteiger partial charge is 0.360 e. The van der Waals surface area contributed by atoms with Crippen molar-refractivity contribution in [2.24, 2.45) is 0 Å². The third-order valence-electron chi connectivity index (χ3n) is 6.27. The van der Waals surface area contributed by atoms with Crippen LogP contribution in [0.5, 0.6) is 0 Å². The fourth-order valence-electron chi connectivity index (χ4n) is 4.48. The summed E-state index contributed by atoms with van der Waals surface area (Å²) < 4.78 is 5.37. The first-order valence-corrected chi connectivity index (χ1v) is 12.2. The molecule has 2 atom stereocenters. The maximum Gasteiger partial charge on any atom is 0.245 e. The lowest BCUT2D eigenvalue weighted by Crippen LogP contribution is -2.47. The molecule has 1 saturated heterocycles. The van der Waals surface area contributed by atoms with Crippen LogP contribution in [0.25, 0.3) is 10.4 Å². The minimum absolute atomic E-state index is 0.0215. The fraction of sp³-hybridized carbons (Fsp3) is 0.440. The van der Waals surface area contributed by atoms with Crippen molar-refractivity contribution in [3.8, 4) is 10.4 Å². The summed E-state index contributed by atoms with van der Waals surface area (Å²) in [7, 11) is 1.81. The number of thiazole rings is 1. The van der Waals surface area contributed by atoms with Gasteiger partial charge in [-0.15, -0.1) is 11.3 Å². The highest BCUT2D eigenvalue weighted by Crippen LogP contribution is 2.29. The number of likely N-dealkylation sites (tertiary alicyclic amines) is 1. The van der Waals surface area contributed by atoms with Crippen LogP contribution in [0, 0.1) is 13.8 Å². The third-order valence-corrected chi connectivity index (χ3v) is 7.25. The van der Waals surface area contributed by atoms with E-state index in [1.54, 1.807) is 21.1 Å². The number of hydrogen-bond acceptors (Lipinski definition) is 6. The quantitative estimate of drug-likeness (QED) is 0.510. The second-order valence-corrected chi connectivity index (χ2v) is 9.53. The van der Waals surface area contributed by atoms with Crippen molar-refractivity contribution in [3.05, 3.63) is 58.6 Å². The summed E-state index contributed by atoms with van der Waals surface area (Å²) in [5.41, 5.74) is 5.81. The topological polar surface area (TPSA) is 79.5 Å². The van der Waals surface area contributed by atoms with E-state index < -0.39 is 12.0 Å². The highest BCUT2D eigenvalue weighted by Gasteiger charge is 2.39. The van der Waals surface area contributed by atoms with Crippen molar-refractivity contribution in [1.29, 1.82) is 0 Å². The number of amides is 2. The van der Waals surface area contributed by atoms with E-state index in [2.05, 4.69) is 34.4 Å². The number of carbonyl (C=O) groups is 2. The van der Waals surface area contributed by atoms with E-state index in [1.165, 1.54) is 4.88 Å². The normalized spacial score (nSPS) is 16.7. The Balaban J connectivity index is 1.43. The molecule has 0 aliphatic carbocycles. The molecule has 1 aromatic carbocycles. The minimum atomic E-state index is -0.431. The molecule has 1 aliphatic heterocycles. The predicted molar refractivity (Wildman–Crippen MR) is 128 cm³/mol. The number of benzene rings is 1. The molecule has 0 radical (unpaired) electrons. The summed E-state index contributed by atoms with van der Waals surface area (Å²) in [6.07, 6.45) is 2.11. The molecular weight excluding hydrogens is 436 g/mol. The Morgan fingerprint density at radius 1 is 1.27 bits per heavy atom. The molecule has 3 aromatic rings. The molecule has 174 valence electrons. The maximum atomic E-state index is 13.3. The van der Waals surface area contributed by atoms with E-state index >= 15 is 0 Å². The van der Waals surface area contributed by atoms with Crippen LogP contribution in [0.3, 0.4) is 0 Å². The van der Waals surface area contributed by atoms with Crippen molar-refractivity contribution in [2.75, 3.05) is 13.6 Å². The van der Waals surface area contributed by atoms with Gasteiger partial charge in [-0.05, 0) is 44.2 Å². The average Bonchev–Trinajstić information content (AvgIpc) is 3.55. The van der Waals surface area contributed by atoms with E-state index in [0.29, 0.717) is 31.7 Å². The number of hydrogen-bond donors (Lipinski definition) is 0. The first-order chi connectivity index (χ1) is 15.9. The summed E-state index contributed by atoms with van der Waals surface area (Å²) in [6.45, 7) is 6.89. The summed E-state index contributed by atoms with van der Waals surface area (Å²) >= 11 is 1.63. The number of aromatic nitrogens is 2. The van der Waals surface area contributed by atoms with Gasteiger partial charge in [0.25, 0.3) is 0 Å². The lowest BCUT2D eigenvalue weighted by atomic mass is 10.0. The van der Waals surface area contributed by atoms with Crippen LogP contribution in [0.2, 0.25) is 0 Å². The van der Waals surface area contributed by atoms with Crippen LogP contribution >= 0.6 is 11.3 Å². The van der Waals surface area contributed by atoms with E-state index in [9.17, 15) is 9.59 Å². The highest BCUT2D eigenvalue weighted by atomic mass is 32.1. The summed E-state index contributed by atoms with van der Waals surface area (Å²) in [6, 6.07) is 9.63. The van der Waals surface area contributed by atoms with Gasteiger partial charge in [0.05, 0.1) is 27.7 Å². The van der Waals surface area contributed by atoms with Crippen molar-refractivity contribution in [2.45, 2.75) is 58.5 Å². The van der Waals surface area contributed by atoms with Gasteiger partial charge in [-0.25, -0.2) is 4.98 Å². The van der Waals surface area contributed by atoms with Gasteiger partial charge >= 0.3 is 0 Å². The molecule has 7 nitrogen and oxygen atoms in total. The monoisotopic (exact) mass is 466 g/mol. The van der Waals surface area contributed by atoms with Crippen LogP contribution in [-0.2, 0) is 16.1 Å². The zero-order valence-corrected chi connectivity index (χ0v) is 20.4. The van der Waals surface area contributed by atoms with Crippen LogP contribution < -0.4 is 0 Å². The Bertz CT molecular complexity index is 1120. The Hall–Kier alpha value is -3.00. The molecule has 0 spiro atoms. The molecule has 0 N–H and O–H groups in total. The molecule has 4 rings (SSSR count). The summed E-state index contributed by atoms with van der Waals surface area (Å²) in [5, 5.41) is 3.93. The zero-order chi connectivity index (χ0) is 23.5. The van der Waals surface area contributed by atoms with Gasteiger partial charge in [0.15, 0.2) is 0 Å². The molecule has 3 heterocycles. The molecule has 33 heavy (non-hydrogen) atoms.